The lowest BCUT2D eigenvalue weighted by Gasteiger charge is -2.19. The number of aromatic nitrogens is 2. The van der Waals surface area contributed by atoms with E-state index in [9.17, 15) is 9.18 Å². The van der Waals surface area contributed by atoms with Crippen molar-refractivity contribution in [2.75, 3.05) is 13.7 Å². The Morgan fingerprint density at radius 3 is 2.73 bits per heavy atom. The number of methoxy groups -OCH3 is 1. The molecule has 0 atom stereocenters. The van der Waals surface area contributed by atoms with Crippen molar-refractivity contribution in [2.45, 2.75) is 32.9 Å². The number of amides is 1. The fraction of sp³-hybridized carbons (Fsp3) is 0.280. The zero-order valence-corrected chi connectivity index (χ0v) is 19.9. The molecule has 33 heavy (non-hydrogen) atoms. The van der Waals surface area contributed by atoms with Crippen molar-refractivity contribution in [3.05, 3.63) is 70.8 Å². The molecule has 0 aliphatic heterocycles. The molecular formula is C25H27ClFN3O3. The Bertz CT molecular complexity index is 1210. The van der Waals surface area contributed by atoms with Crippen molar-refractivity contribution < 1.29 is 18.7 Å². The zero-order valence-electron chi connectivity index (χ0n) is 19.1. The van der Waals surface area contributed by atoms with Crippen LogP contribution in [0.15, 0.2) is 43.0 Å². The molecule has 6 nitrogen and oxygen atoms in total. The third-order valence-corrected chi connectivity index (χ3v) is 5.04. The maximum Gasteiger partial charge on any atom is 0.407 e. The second-order valence-electron chi connectivity index (χ2n) is 8.36. The summed E-state index contributed by atoms with van der Waals surface area (Å²) < 4.78 is 26.8. The van der Waals surface area contributed by atoms with E-state index in [1.54, 1.807) is 52.2 Å². The normalized spacial score (nSPS) is 11.7. The lowest BCUT2D eigenvalue weighted by atomic mass is 10.2. The summed E-state index contributed by atoms with van der Waals surface area (Å²) in [6, 6.07) is 10.5. The third kappa shape index (κ3) is 6.14. The number of halogens is 2. The minimum Gasteiger partial charge on any atom is -0.497 e. The van der Waals surface area contributed by atoms with Gasteiger partial charge in [0.1, 0.15) is 23.0 Å². The molecule has 0 aliphatic carbocycles. The highest BCUT2D eigenvalue weighted by Crippen LogP contribution is 2.24. The van der Waals surface area contributed by atoms with Crippen molar-refractivity contribution in [3.8, 4) is 0 Å². The highest BCUT2D eigenvalue weighted by molar-refractivity contribution is 6.30. The van der Waals surface area contributed by atoms with Gasteiger partial charge in [0, 0.05) is 24.2 Å². The van der Waals surface area contributed by atoms with Gasteiger partial charge >= 0.3 is 6.09 Å². The second kappa shape index (κ2) is 10.1. The van der Waals surface area contributed by atoms with Crippen LogP contribution in [-0.4, -0.2) is 34.9 Å². The molecule has 3 rings (SSSR count). The molecule has 174 valence electrons. The van der Waals surface area contributed by atoms with Crippen LogP contribution in [0.1, 0.15) is 37.7 Å². The summed E-state index contributed by atoms with van der Waals surface area (Å²) in [5, 5.41) is 2.81. The van der Waals surface area contributed by atoms with E-state index < -0.39 is 17.5 Å². The molecule has 0 saturated carbocycles. The first-order valence-electron chi connectivity index (χ1n) is 10.4. The Morgan fingerprint density at radius 1 is 1.27 bits per heavy atom. The number of ether oxygens (including phenoxy) is 2. The molecule has 0 aliphatic rings. The summed E-state index contributed by atoms with van der Waals surface area (Å²) in [5.74, 6) is 0.619. The van der Waals surface area contributed by atoms with Gasteiger partial charge < -0.3 is 19.4 Å². The van der Waals surface area contributed by atoms with Gasteiger partial charge in [-0.05, 0) is 57.2 Å². The van der Waals surface area contributed by atoms with Crippen LogP contribution in [-0.2, 0) is 16.0 Å². The molecule has 0 spiro atoms. The van der Waals surface area contributed by atoms with Crippen LogP contribution in [0.2, 0.25) is 5.02 Å². The van der Waals surface area contributed by atoms with Crippen LogP contribution in [0.3, 0.4) is 0 Å². The average molecular weight is 472 g/mol. The lowest BCUT2D eigenvalue weighted by Crippen LogP contribution is -2.34. The van der Waals surface area contributed by atoms with E-state index >= 15 is 0 Å². The molecule has 0 saturated heterocycles. The topological polar surface area (TPSA) is 65.4 Å². The molecule has 1 amide bonds. The molecule has 1 heterocycles. The van der Waals surface area contributed by atoms with Crippen LogP contribution < -0.4 is 5.32 Å². The summed E-state index contributed by atoms with van der Waals surface area (Å²) in [6.07, 6.45) is 2.83. The number of nitrogens with one attached hydrogen (secondary N) is 1. The van der Waals surface area contributed by atoms with E-state index in [0.717, 1.165) is 16.6 Å². The van der Waals surface area contributed by atoms with Gasteiger partial charge in [0.2, 0.25) is 0 Å². The first kappa shape index (κ1) is 24.3. The van der Waals surface area contributed by atoms with Gasteiger partial charge in [-0.15, -0.1) is 0 Å². The van der Waals surface area contributed by atoms with Crippen LogP contribution >= 0.6 is 11.6 Å². The van der Waals surface area contributed by atoms with Crippen molar-refractivity contribution in [1.29, 1.82) is 0 Å². The molecule has 1 aromatic heterocycles. The zero-order chi connectivity index (χ0) is 24.2. The maximum absolute atomic E-state index is 14.3. The van der Waals surface area contributed by atoms with E-state index in [4.69, 9.17) is 21.1 Å². The van der Waals surface area contributed by atoms with Gasteiger partial charge in [-0.2, -0.15) is 0 Å². The summed E-state index contributed by atoms with van der Waals surface area (Å²) >= 11 is 5.89. The van der Waals surface area contributed by atoms with E-state index in [-0.39, 0.29) is 5.02 Å². The lowest BCUT2D eigenvalue weighted by molar-refractivity contribution is 0.0526. The molecule has 0 radical (unpaired) electrons. The number of imidazole rings is 1. The number of fused-ring (bicyclic) bond motifs is 1. The van der Waals surface area contributed by atoms with Crippen molar-refractivity contribution in [3.63, 3.8) is 0 Å². The SMILES string of the molecule is C=C(OC)c1ccc2nc(/C=C/c3cccc(Cl)c3F)n(CCNC(=O)OC(C)(C)C)c2c1. The monoisotopic (exact) mass is 471 g/mol. The van der Waals surface area contributed by atoms with Gasteiger partial charge in [-0.3, -0.25) is 0 Å². The Kier molecular flexibility index (Phi) is 7.43. The number of carbonyl (C=O) groups is 1. The van der Waals surface area contributed by atoms with Crippen LogP contribution in [0, 0.1) is 5.82 Å². The molecule has 8 heteroatoms. The maximum atomic E-state index is 14.3. The highest BCUT2D eigenvalue weighted by Gasteiger charge is 2.16. The number of benzene rings is 2. The molecule has 1 N–H and O–H groups in total. The quantitative estimate of drug-likeness (QED) is 0.420. The fourth-order valence-electron chi connectivity index (χ4n) is 3.19. The molecule has 3 aromatic rings. The summed E-state index contributed by atoms with van der Waals surface area (Å²) in [6.45, 7) is 10.0. The average Bonchev–Trinajstić information content (AvgIpc) is 3.09. The molecule has 0 bridgehead atoms. The number of alkyl carbamates (subject to hydrolysis) is 1. The highest BCUT2D eigenvalue weighted by atomic mass is 35.5. The standard InChI is InChI=1S/C25H27ClFN3O3/c1-16(32-5)18-9-11-20-21(15-18)30(14-13-28-24(31)33-25(2,3)4)22(29-20)12-10-17-7-6-8-19(26)23(17)27/h6-12,15H,1,13-14H2,2-5H3,(H,28,31)/b12-10+. The number of carbonyl (C=O) groups excluding carboxylic acids is 1. The third-order valence-electron chi connectivity index (χ3n) is 4.74. The first-order valence-corrected chi connectivity index (χ1v) is 10.8. The first-order chi connectivity index (χ1) is 15.6. The minimum atomic E-state index is -0.587. The number of hydrogen-bond donors (Lipinski definition) is 1. The number of hydrogen-bond acceptors (Lipinski definition) is 4. The minimum absolute atomic E-state index is 0.0509. The van der Waals surface area contributed by atoms with E-state index in [1.807, 2.05) is 22.8 Å². The smallest absolute Gasteiger partial charge is 0.407 e. The molecule has 2 aromatic carbocycles. The Balaban J connectivity index is 1.94. The summed E-state index contributed by atoms with van der Waals surface area (Å²) in [4.78, 5) is 16.7. The van der Waals surface area contributed by atoms with Gasteiger partial charge in [0.25, 0.3) is 0 Å². The van der Waals surface area contributed by atoms with Gasteiger partial charge in [0.15, 0.2) is 0 Å². The predicted octanol–water partition coefficient (Wildman–Crippen LogP) is 6.14. The van der Waals surface area contributed by atoms with Gasteiger partial charge in [-0.25, -0.2) is 14.2 Å². The Morgan fingerprint density at radius 2 is 2.03 bits per heavy atom. The van der Waals surface area contributed by atoms with Crippen molar-refractivity contribution >= 4 is 46.6 Å². The van der Waals surface area contributed by atoms with Crippen LogP contribution in [0.5, 0.6) is 0 Å². The summed E-state index contributed by atoms with van der Waals surface area (Å²) in [7, 11) is 1.56. The predicted molar refractivity (Wildman–Crippen MR) is 130 cm³/mol. The summed E-state index contributed by atoms with van der Waals surface area (Å²) in [5.41, 5.74) is 2.13. The van der Waals surface area contributed by atoms with Crippen LogP contribution in [0.4, 0.5) is 9.18 Å². The molecule has 0 unspecified atom stereocenters. The van der Waals surface area contributed by atoms with E-state index in [0.29, 0.717) is 30.2 Å². The number of rotatable bonds is 7. The van der Waals surface area contributed by atoms with E-state index in [1.165, 1.54) is 6.07 Å². The van der Waals surface area contributed by atoms with E-state index in [2.05, 4.69) is 16.9 Å². The van der Waals surface area contributed by atoms with Crippen LogP contribution in [0.25, 0.3) is 28.9 Å². The fourth-order valence-corrected chi connectivity index (χ4v) is 3.37. The van der Waals surface area contributed by atoms with Gasteiger partial charge in [0.05, 0.1) is 23.2 Å². The Labute approximate surface area is 197 Å². The largest absolute Gasteiger partial charge is 0.497 e. The molecular weight excluding hydrogens is 445 g/mol. The second-order valence-corrected chi connectivity index (χ2v) is 8.76. The molecule has 0 fully saturated rings. The van der Waals surface area contributed by atoms with Gasteiger partial charge in [-0.1, -0.05) is 30.3 Å². The Hall–Kier alpha value is -3.32. The number of nitrogens with zero attached hydrogens (tertiary/aromatic N) is 2. The van der Waals surface area contributed by atoms with Crippen molar-refractivity contribution in [2.24, 2.45) is 0 Å². The van der Waals surface area contributed by atoms with Crippen molar-refractivity contribution in [1.82, 2.24) is 14.9 Å².